The minimum absolute atomic E-state index is 0.0374. The summed E-state index contributed by atoms with van der Waals surface area (Å²) in [5.74, 6) is 0.0179. The zero-order valence-corrected chi connectivity index (χ0v) is 14.4. The molecular weight excluding hydrogens is 368 g/mol. The minimum atomic E-state index is -3.66. The summed E-state index contributed by atoms with van der Waals surface area (Å²) in [7, 11) is 0. The Labute approximate surface area is 158 Å². The third kappa shape index (κ3) is 2.92. The van der Waals surface area contributed by atoms with Crippen LogP contribution in [0.2, 0.25) is 0 Å². The van der Waals surface area contributed by atoms with Crippen LogP contribution in [0, 0.1) is 0 Å². The lowest BCUT2D eigenvalue weighted by molar-refractivity contribution is -0.286. The lowest BCUT2D eigenvalue weighted by Gasteiger charge is -2.06. The Morgan fingerprint density at radius 3 is 2.75 bits per heavy atom. The van der Waals surface area contributed by atoms with Gasteiger partial charge in [0.1, 0.15) is 5.84 Å². The molecular formula is C20H13F2N3O3. The molecule has 3 heterocycles. The van der Waals surface area contributed by atoms with Gasteiger partial charge in [-0.3, -0.25) is 9.79 Å². The van der Waals surface area contributed by atoms with Gasteiger partial charge in [-0.1, -0.05) is 18.2 Å². The first-order valence-electron chi connectivity index (χ1n) is 8.60. The summed E-state index contributed by atoms with van der Waals surface area (Å²) < 4.78 is 35.2. The van der Waals surface area contributed by atoms with E-state index in [4.69, 9.17) is 0 Å². The van der Waals surface area contributed by atoms with Crippen LogP contribution in [-0.2, 0) is 6.42 Å². The van der Waals surface area contributed by atoms with Gasteiger partial charge in [0.15, 0.2) is 11.5 Å². The number of alkyl halides is 2. The second kappa shape index (κ2) is 5.98. The van der Waals surface area contributed by atoms with E-state index in [1.807, 2.05) is 18.2 Å². The predicted molar refractivity (Wildman–Crippen MR) is 97.9 cm³/mol. The highest BCUT2D eigenvalue weighted by Gasteiger charge is 2.44. The van der Waals surface area contributed by atoms with Crippen LogP contribution in [0.25, 0.3) is 0 Å². The Morgan fingerprint density at radius 2 is 1.96 bits per heavy atom. The molecule has 2 aromatic rings. The lowest BCUT2D eigenvalue weighted by atomic mass is 10.1. The normalized spacial score (nSPS) is 17.9. The molecule has 0 saturated heterocycles. The number of hydrogen-bond acceptors (Lipinski definition) is 5. The fourth-order valence-electron chi connectivity index (χ4n) is 3.29. The minimum Gasteiger partial charge on any atom is -0.395 e. The van der Waals surface area contributed by atoms with Crippen molar-refractivity contribution in [2.24, 2.45) is 9.98 Å². The molecule has 8 heteroatoms. The van der Waals surface area contributed by atoms with Crippen molar-refractivity contribution < 1.29 is 23.0 Å². The molecule has 140 valence electrons. The highest BCUT2D eigenvalue weighted by Crippen LogP contribution is 2.45. The summed E-state index contributed by atoms with van der Waals surface area (Å²) in [6.07, 6.45) is 0.509. The molecule has 0 aromatic heterocycles. The molecule has 0 unspecified atom stereocenters. The first kappa shape index (κ1) is 16.6. The number of nitrogens with one attached hydrogen (secondary N) is 1. The zero-order chi connectivity index (χ0) is 19.3. The fourth-order valence-corrected chi connectivity index (χ4v) is 3.29. The fraction of sp³-hybridized carbons (Fsp3) is 0.150. The van der Waals surface area contributed by atoms with E-state index in [9.17, 15) is 13.6 Å². The van der Waals surface area contributed by atoms with Gasteiger partial charge in [-0.25, -0.2) is 4.99 Å². The molecule has 6 nitrogen and oxygen atoms in total. The third-order valence-corrected chi connectivity index (χ3v) is 4.54. The second-order valence-corrected chi connectivity index (χ2v) is 6.49. The van der Waals surface area contributed by atoms with Gasteiger partial charge in [-0.05, 0) is 29.8 Å². The number of ether oxygens (including phenoxy) is 2. The summed E-state index contributed by atoms with van der Waals surface area (Å²) in [4.78, 5) is 21.3. The molecule has 0 bridgehead atoms. The van der Waals surface area contributed by atoms with Crippen molar-refractivity contribution in [3.63, 3.8) is 0 Å². The van der Waals surface area contributed by atoms with E-state index in [1.54, 1.807) is 18.2 Å². The van der Waals surface area contributed by atoms with Crippen LogP contribution >= 0.6 is 0 Å². The van der Waals surface area contributed by atoms with Gasteiger partial charge in [0.2, 0.25) is 0 Å². The second-order valence-electron chi connectivity index (χ2n) is 6.49. The predicted octanol–water partition coefficient (Wildman–Crippen LogP) is 3.38. The molecule has 28 heavy (non-hydrogen) atoms. The number of halogens is 2. The Kier molecular flexibility index (Phi) is 3.55. The number of nitrogens with zero attached hydrogens (tertiary/aromatic N) is 2. The average Bonchev–Trinajstić information content (AvgIpc) is 3.36. The van der Waals surface area contributed by atoms with Gasteiger partial charge < -0.3 is 14.8 Å². The monoisotopic (exact) mass is 381 g/mol. The summed E-state index contributed by atoms with van der Waals surface area (Å²) in [5, 5.41) is 2.77. The van der Waals surface area contributed by atoms with Crippen molar-refractivity contribution in [2.75, 3.05) is 6.54 Å². The molecule has 3 aliphatic rings. The van der Waals surface area contributed by atoms with E-state index in [0.717, 1.165) is 11.3 Å². The highest BCUT2D eigenvalue weighted by atomic mass is 19.3. The van der Waals surface area contributed by atoms with Gasteiger partial charge in [0.25, 0.3) is 5.91 Å². The molecule has 0 radical (unpaired) electrons. The van der Waals surface area contributed by atoms with Crippen molar-refractivity contribution in [3.05, 3.63) is 65.2 Å². The number of aliphatic imine (C=N–C) groups is 2. The van der Waals surface area contributed by atoms with Gasteiger partial charge in [-0.15, -0.1) is 8.78 Å². The number of benzene rings is 2. The molecule has 2 aromatic carbocycles. The van der Waals surface area contributed by atoms with Crippen LogP contribution in [0.3, 0.4) is 0 Å². The van der Waals surface area contributed by atoms with Crippen molar-refractivity contribution >= 4 is 23.1 Å². The smallest absolute Gasteiger partial charge is 0.395 e. The quantitative estimate of drug-likeness (QED) is 0.867. The number of carbonyl (C=O) groups is 1. The number of hydrogen-bond donors (Lipinski definition) is 1. The van der Waals surface area contributed by atoms with Crippen LogP contribution in [-0.4, -0.2) is 30.3 Å². The van der Waals surface area contributed by atoms with E-state index < -0.39 is 6.29 Å². The SMILES string of the molecule is O=C(NC1=Nc2cc3c(cc2C1)OC(F)(F)O3)c1cccc(C2=NCC=C2)c1. The zero-order valence-electron chi connectivity index (χ0n) is 14.4. The Morgan fingerprint density at radius 1 is 1.14 bits per heavy atom. The molecule has 0 saturated carbocycles. The van der Waals surface area contributed by atoms with Crippen molar-refractivity contribution in [1.29, 1.82) is 0 Å². The van der Waals surface area contributed by atoms with Gasteiger partial charge in [-0.2, -0.15) is 0 Å². The molecule has 0 aliphatic carbocycles. The Balaban J connectivity index is 1.34. The molecule has 1 N–H and O–H groups in total. The Hall–Kier alpha value is -3.55. The van der Waals surface area contributed by atoms with Gasteiger partial charge in [0, 0.05) is 23.6 Å². The molecule has 1 amide bonds. The van der Waals surface area contributed by atoms with Crippen LogP contribution in [0.15, 0.2) is 58.5 Å². The van der Waals surface area contributed by atoms with E-state index in [-0.39, 0.29) is 17.4 Å². The summed E-state index contributed by atoms with van der Waals surface area (Å²) in [6, 6.07) is 10.0. The Bertz CT molecular complexity index is 1110. The van der Waals surface area contributed by atoms with Crippen LogP contribution in [0.1, 0.15) is 21.5 Å². The topological polar surface area (TPSA) is 72.3 Å². The third-order valence-electron chi connectivity index (χ3n) is 4.54. The maximum atomic E-state index is 13.2. The number of amidine groups is 1. The molecule has 0 spiro atoms. The number of allylic oxidation sites excluding steroid dienone is 1. The lowest BCUT2D eigenvalue weighted by Crippen LogP contribution is -2.30. The molecule has 0 fully saturated rings. The van der Waals surface area contributed by atoms with E-state index in [1.165, 1.54) is 12.1 Å². The number of rotatable bonds is 2. The number of amides is 1. The maximum absolute atomic E-state index is 13.2. The number of carbonyl (C=O) groups excluding carboxylic acids is 1. The van der Waals surface area contributed by atoms with Gasteiger partial charge in [0.05, 0.1) is 17.9 Å². The average molecular weight is 381 g/mol. The van der Waals surface area contributed by atoms with Crippen molar-refractivity contribution in [2.45, 2.75) is 12.7 Å². The summed E-state index contributed by atoms with van der Waals surface area (Å²) in [5.41, 5.74) is 3.33. The summed E-state index contributed by atoms with van der Waals surface area (Å²) >= 11 is 0. The molecule has 0 atom stereocenters. The van der Waals surface area contributed by atoms with E-state index >= 15 is 0 Å². The van der Waals surface area contributed by atoms with E-state index in [0.29, 0.717) is 35.6 Å². The van der Waals surface area contributed by atoms with Crippen molar-refractivity contribution in [3.8, 4) is 11.5 Å². The standard InChI is InChI=1S/C20H13F2N3O3/c21-20(22)27-16-8-13-9-18(24-15(13)10-17(16)28-20)25-19(26)12-4-1-3-11(7-12)14-5-2-6-23-14/h1-5,7-8,10H,6,9H2,(H,24,25,26). The van der Waals surface area contributed by atoms with Crippen LogP contribution in [0.5, 0.6) is 11.5 Å². The van der Waals surface area contributed by atoms with Crippen molar-refractivity contribution in [1.82, 2.24) is 5.32 Å². The first-order chi connectivity index (χ1) is 13.5. The van der Waals surface area contributed by atoms with E-state index in [2.05, 4.69) is 24.8 Å². The highest BCUT2D eigenvalue weighted by molar-refractivity contribution is 6.13. The van der Waals surface area contributed by atoms with Crippen LogP contribution in [0.4, 0.5) is 14.5 Å². The first-order valence-corrected chi connectivity index (χ1v) is 8.60. The van der Waals surface area contributed by atoms with Gasteiger partial charge >= 0.3 is 6.29 Å². The summed E-state index contributed by atoms with van der Waals surface area (Å²) in [6.45, 7) is 0.643. The molecule has 5 rings (SSSR count). The largest absolute Gasteiger partial charge is 0.586 e. The maximum Gasteiger partial charge on any atom is 0.586 e. The number of fused-ring (bicyclic) bond motifs is 2. The molecule has 3 aliphatic heterocycles. The van der Waals surface area contributed by atoms with Crippen LogP contribution < -0.4 is 14.8 Å².